The molecular formula is C29H36N4. The number of hydrogen-bond donors (Lipinski definition) is 2. The smallest absolute Gasteiger partial charge is 0.141 e. The maximum Gasteiger partial charge on any atom is 0.141 e. The lowest BCUT2D eigenvalue weighted by Gasteiger charge is -2.32. The van der Waals surface area contributed by atoms with Crippen LogP contribution in [-0.2, 0) is 6.42 Å². The van der Waals surface area contributed by atoms with Gasteiger partial charge in [-0.05, 0) is 73.9 Å². The van der Waals surface area contributed by atoms with Crippen LogP contribution < -0.4 is 5.32 Å². The van der Waals surface area contributed by atoms with Crippen molar-refractivity contribution in [3.8, 4) is 6.07 Å². The fourth-order valence-electron chi connectivity index (χ4n) is 5.46. The molecule has 1 unspecified atom stereocenters. The van der Waals surface area contributed by atoms with E-state index < -0.39 is 0 Å². The van der Waals surface area contributed by atoms with Crippen molar-refractivity contribution >= 4 is 17.0 Å². The van der Waals surface area contributed by atoms with Crippen LogP contribution in [0.25, 0.3) is 5.57 Å². The van der Waals surface area contributed by atoms with Gasteiger partial charge in [0.15, 0.2) is 0 Å². The van der Waals surface area contributed by atoms with Gasteiger partial charge >= 0.3 is 0 Å². The second-order valence-corrected chi connectivity index (χ2v) is 9.58. The Morgan fingerprint density at radius 2 is 2.00 bits per heavy atom. The fourth-order valence-corrected chi connectivity index (χ4v) is 5.46. The molecule has 2 N–H and O–H groups in total. The summed E-state index contributed by atoms with van der Waals surface area (Å²) < 4.78 is 0. The molecule has 1 atom stereocenters. The van der Waals surface area contributed by atoms with Crippen LogP contribution in [0.15, 0.2) is 42.5 Å². The van der Waals surface area contributed by atoms with Gasteiger partial charge in [0, 0.05) is 36.4 Å². The maximum atomic E-state index is 9.41. The number of nitrogens with zero attached hydrogens (tertiary/aromatic N) is 2. The quantitative estimate of drug-likeness (QED) is 0.474. The number of nitrogens with one attached hydrogen (secondary N) is 2. The van der Waals surface area contributed by atoms with Crippen LogP contribution in [0.3, 0.4) is 0 Å². The minimum Gasteiger partial charge on any atom is -0.378 e. The van der Waals surface area contributed by atoms with Crippen LogP contribution >= 0.6 is 0 Å². The van der Waals surface area contributed by atoms with Gasteiger partial charge in [0.25, 0.3) is 0 Å². The van der Waals surface area contributed by atoms with Gasteiger partial charge < -0.3 is 5.32 Å². The van der Waals surface area contributed by atoms with Crippen molar-refractivity contribution in [2.24, 2.45) is 0 Å². The lowest BCUT2D eigenvalue weighted by atomic mass is 9.94. The molecule has 0 amide bonds. The zero-order chi connectivity index (χ0) is 23.4. The average Bonchev–Trinajstić information content (AvgIpc) is 3.38. The Morgan fingerprint density at radius 3 is 2.67 bits per heavy atom. The van der Waals surface area contributed by atoms with E-state index in [2.05, 4.69) is 67.4 Å². The Balaban J connectivity index is 1.59. The van der Waals surface area contributed by atoms with Gasteiger partial charge in [-0.1, -0.05) is 55.7 Å². The molecule has 2 aromatic rings. The second kappa shape index (κ2) is 10.4. The molecule has 4 nitrogen and oxygen atoms in total. The Bertz CT molecular complexity index is 1090. The summed E-state index contributed by atoms with van der Waals surface area (Å²) in [7, 11) is 0. The molecule has 4 rings (SSSR count). The number of nitriles is 1. The fraction of sp³-hybridized carbons (Fsp3) is 0.448. The largest absolute Gasteiger partial charge is 0.378 e. The molecule has 172 valence electrons. The second-order valence-electron chi connectivity index (χ2n) is 9.58. The lowest BCUT2D eigenvalue weighted by Crippen LogP contribution is -2.36. The summed E-state index contributed by atoms with van der Waals surface area (Å²) in [6.07, 6.45) is 9.86. The SMILES string of the molecule is CCc1cc(C)ccc1C(C)Nc1cc(C2=CCN(C3CCCC3)CC2)ccc1C(=N)C#N. The average molecular weight is 441 g/mol. The van der Waals surface area contributed by atoms with Crippen molar-refractivity contribution in [2.75, 3.05) is 18.4 Å². The highest BCUT2D eigenvalue weighted by molar-refractivity contribution is 6.13. The molecule has 33 heavy (non-hydrogen) atoms. The Hall–Kier alpha value is -2.90. The van der Waals surface area contributed by atoms with Crippen molar-refractivity contribution in [3.05, 3.63) is 70.3 Å². The zero-order valence-electron chi connectivity index (χ0n) is 20.2. The molecule has 0 aromatic heterocycles. The summed E-state index contributed by atoms with van der Waals surface area (Å²) in [6.45, 7) is 8.62. The molecule has 1 aliphatic heterocycles. The number of hydrogen-bond acceptors (Lipinski definition) is 4. The first-order valence-electron chi connectivity index (χ1n) is 12.4. The maximum absolute atomic E-state index is 9.41. The molecule has 1 fully saturated rings. The van der Waals surface area contributed by atoms with Crippen molar-refractivity contribution < 1.29 is 0 Å². The predicted octanol–water partition coefficient (Wildman–Crippen LogP) is 6.65. The van der Waals surface area contributed by atoms with Gasteiger partial charge in [-0.2, -0.15) is 5.26 Å². The molecule has 1 heterocycles. The van der Waals surface area contributed by atoms with Crippen LogP contribution in [-0.4, -0.2) is 29.7 Å². The van der Waals surface area contributed by atoms with Gasteiger partial charge in [-0.15, -0.1) is 0 Å². The van der Waals surface area contributed by atoms with E-state index in [0.717, 1.165) is 37.7 Å². The highest BCUT2D eigenvalue weighted by Gasteiger charge is 2.24. The molecule has 4 heteroatoms. The zero-order valence-corrected chi connectivity index (χ0v) is 20.2. The topological polar surface area (TPSA) is 62.9 Å². The Kier molecular flexibility index (Phi) is 7.30. The molecular weight excluding hydrogens is 404 g/mol. The first kappa shape index (κ1) is 23.3. The van der Waals surface area contributed by atoms with E-state index in [1.807, 2.05) is 12.1 Å². The lowest BCUT2D eigenvalue weighted by molar-refractivity contribution is 0.219. The van der Waals surface area contributed by atoms with E-state index in [4.69, 9.17) is 5.41 Å². The molecule has 2 aliphatic rings. The highest BCUT2D eigenvalue weighted by atomic mass is 15.2. The molecule has 1 aliphatic carbocycles. The van der Waals surface area contributed by atoms with E-state index in [9.17, 15) is 5.26 Å². The third-order valence-corrected chi connectivity index (χ3v) is 7.37. The van der Waals surface area contributed by atoms with E-state index in [1.165, 1.54) is 53.5 Å². The normalized spacial score (nSPS) is 17.9. The van der Waals surface area contributed by atoms with Gasteiger partial charge in [0.05, 0.1) is 0 Å². The number of aryl methyl sites for hydroxylation is 2. The van der Waals surface area contributed by atoms with Crippen LogP contribution in [0, 0.1) is 23.7 Å². The molecule has 0 spiro atoms. The third kappa shape index (κ3) is 5.20. The summed E-state index contributed by atoms with van der Waals surface area (Å²) in [4.78, 5) is 2.64. The Labute approximate surface area is 198 Å². The molecule has 1 saturated carbocycles. The summed E-state index contributed by atoms with van der Waals surface area (Å²) in [5, 5.41) is 21.2. The number of anilines is 1. The summed E-state index contributed by atoms with van der Waals surface area (Å²) in [6, 6.07) is 15.7. The predicted molar refractivity (Wildman–Crippen MR) is 138 cm³/mol. The van der Waals surface area contributed by atoms with Crippen molar-refractivity contribution in [3.63, 3.8) is 0 Å². The minimum atomic E-state index is 0.000836. The van der Waals surface area contributed by atoms with Crippen LogP contribution in [0.2, 0.25) is 0 Å². The highest BCUT2D eigenvalue weighted by Crippen LogP contribution is 2.32. The van der Waals surface area contributed by atoms with Crippen molar-refractivity contribution in [1.82, 2.24) is 4.90 Å². The van der Waals surface area contributed by atoms with Gasteiger partial charge in [-0.25, -0.2) is 0 Å². The van der Waals surface area contributed by atoms with Crippen LogP contribution in [0.5, 0.6) is 0 Å². The minimum absolute atomic E-state index is 0.000836. The van der Waals surface area contributed by atoms with E-state index in [-0.39, 0.29) is 11.8 Å². The first-order chi connectivity index (χ1) is 16.0. The monoisotopic (exact) mass is 440 g/mol. The van der Waals surface area contributed by atoms with Crippen molar-refractivity contribution in [1.29, 1.82) is 10.7 Å². The third-order valence-electron chi connectivity index (χ3n) is 7.37. The summed E-state index contributed by atoms with van der Waals surface area (Å²) >= 11 is 0. The molecule has 0 saturated heterocycles. The van der Waals surface area contributed by atoms with Crippen molar-refractivity contribution in [2.45, 2.75) is 71.4 Å². The first-order valence-corrected chi connectivity index (χ1v) is 12.4. The van der Waals surface area contributed by atoms with E-state index >= 15 is 0 Å². The standard InChI is InChI=1S/C29H36N4/c1-4-22-17-20(2)9-11-26(22)21(3)32-29-18-24(10-12-27(29)28(31)19-30)23-13-15-33(16-14-23)25-7-5-6-8-25/h9-13,17-18,21,25,31-32H,4-8,14-16H2,1-3H3. The van der Waals surface area contributed by atoms with Gasteiger partial charge in [0.1, 0.15) is 11.8 Å². The number of benzene rings is 2. The molecule has 2 aromatic carbocycles. The van der Waals surface area contributed by atoms with E-state index in [1.54, 1.807) is 0 Å². The van der Waals surface area contributed by atoms with Crippen LogP contribution in [0.1, 0.15) is 79.8 Å². The number of rotatable bonds is 7. The van der Waals surface area contributed by atoms with Gasteiger partial charge in [0.2, 0.25) is 0 Å². The molecule has 0 radical (unpaired) electrons. The molecule has 0 bridgehead atoms. The van der Waals surface area contributed by atoms with Gasteiger partial charge in [-0.3, -0.25) is 10.3 Å². The van der Waals surface area contributed by atoms with E-state index in [0.29, 0.717) is 5.56 Å². The van der Waals surface area contributed by atoms with Crippen LogP contribution in [0.4, 0.5) is 5.69 Å². The summed E-state index contributed by atoms with van der Waals surface area (Å²) in [5.41, 5.74) is 7.99. The summed E-state index contributed by atoms with van der Waals surface area (Å²) in [5.74, 6) is 0. The Morgan fingerprint density at radius 1 is 1.21 bits per heavy atom.